The predicted molar refractivity (Wildman–Crippen MR) is 71.9 cm³/mol. The summed E-state index contributed by atoms with van der Waals surface area (Å²) in [4.78, 5) is 22.9. The van der Waals surface area contributed by atoms with Crippen LogP contribution in [-0.2, 0) is 14.3 Å². The number of benzene rings is 1. The van der Waals surface area contributed by atoms with Gasteiger partial charge in [0.05, 0.1) is 28.8 Å². The highest BCUT2D eigenvalue weighted by molar-refractivity contribution is 6.33. The molecule has 110 valence electrons. The van der Waals surface area contributed by atoms with Crippen molar-refractivity contribution in [2.45, 2.75) is 26.4 Å². The van der Waals surface area contributed by atoms with Gasteiger partial charge in [-0.25, -0.2) is 9.18 Å². The molecular weight excluding hydrogens is 289 g/mol. The van der Waals surface area contributed by atoms with Gasteiger partial charge in [0, 0.05) is 0 Å². The number of carbonyl (C=O) groups excluding carboxylic acids is 2. The molecule has 0 amide bonds. The van der Waals surface area contributed by atoms with Crippen LogP contribution in [-0.4, -0.2) is 24.6 Å². The van der Waals surface area contributed by atoms with Crippen molar-refractivity contribution >= 4 is 29.2 Å². The van der Waals surface area contributed by atoms with E-state index in [0.29, 0.717) is 0 Å². The Kier molecular flexibility index (Phi) is 5.76. The first kappa shape index (κ1) is 16.2. The van der Waals surface area contributed by atoms with E-state index >= 15 is 0 Å². The van der Waals surface area contributed by atoms with E-state index in [1.807, 2.05) is 0 Å². The number of rotatable bonds is 5. The molecule has 0 radical (unpaired) electrons. The van der Waals surface area contributed by atoms with Crippen LogP contribution in [0.15, 0.2) is 12.1 Å². The standard InChI is InChI=1S/C13H15ClFNO4/c1-7(2)20-12(17)3-4-19-13(18)8-5-11(16)10(15)6-9(8)14/h5-7H,3-4,16H2,1-2H3. The normalized spacial score (nSPS) is 10.4. The molecule has 7 heteroatoms. The summed E-state index contributed by atoms with van der Waals surface area (Å²) in [7, 11) is 0. The maximum Gasteiger partial charge on any atom is 0.339 e. The zero-order chi connectivity index (χ0) is 15.3. The number of ether oxygens (including phenoxy) is 2. The second-order valence-corrected chi connectivity index (χ2v) is 4.69. The molecule has 0 aliphatic rings. The molecule has 1 aromatic carbocycles. The molecule has 0 heterocycles. The Hall–Kier alpha value is -1.82. The molecule has 0 spiro atoms. The van der Waals surface area contributed by atoms with Crippen LogP contribution in [0.2, 0.25) is 5.02 Å². The third kappa shape index (κ3) is 4.70. The van der Waals surface area contributed by atoms with E-state index in [4.69, 9.17) is 26.8 Å². The highest BCUT2D eigenvalue weighted by Gasteiger charge is 2.16. The molecule has 0 bridgehead atoms. The van der Waals surface area contributed by atoms with E-state index in [1.54, 1.807) is 13.8 Å². The first-order valence-corrected chi connectivity index (χ1v) is 6.30. The molecule has 0 saturated carbocycles. The van der Waals surface area contributed by atoms with E-state index in [9.17, 15) is 14.0 Å². The van der Waals surface area contributed by atoms with Crippen molar-refractivity contribution in [1.29, 1.82) is 0 Å². The Labute approximate surface area is 120 Å². The average Bonchev–Trinajstić information content (AvgIpc) is 2.32. The quantitative estimate of drug-likeness (QED) is 0.668. The largest absolute Gasteiger partial charge is 0.463 e. The lowest BCUT2D eigenvalue weighted by Gasteiger charge is -2.09. The average molecular weight is 304 g/mol. The summed E-state index contributed by atoms with van der Waals surface area (Å²) in [6, 6.07) is 2.02. The minimum atomic E-state index is -0.779. The van der Waals surface area contributed by atoms with Gasteiger partial charge >= 0.3 is 11.9 Å². The molecule has 0 fully saturated rings. The van der Waals surface area contributed by atoms with Crippen LogP contribution in [0.1, 0.15) is 30.6 Å². The first-order chi connectivity index (χ1) is 9.31. The second kappa shape index (κ2) is 7.09. The van der Waals surface area contributed by atoms with Crippen molar-refractivity contribution < 1.29 is 23.5 Å². The van der Waals surface area contributed by atoms with Crippen molar-refractivity contribution in [3.8, 4) is 0 Å². The van der Waals surface area contributed by atoms with E-state index < -0.39 is 17.8 Å². The number of carbonyl (C=O) groups is 2. The van der Waals surface area contributed by atoms with Gasteiger partial charge in [-0.15, -0.1) is 0 Å². The summed E-state index contributed by atoms with van der Waals surface area (Å²) in [5.41, 5.74) is 5.08. The number of anilines is 1. The lowest BCUT2D eigenvalue weighted by molar-refractivity contribution is -0.148. The number of hydrogen-bond acceptors (Lipinski definition) is 5. The molecule has 20 heavy (non-hydrogen) atoms. The zero-order valence-electron chi connectivity index (χ0n) is 11.1. The summed E-state index contributed by atoms with van der Waals surface area (Å²) in [5.74, 6) is -1.97. The van der Waals surface area contributed by atoms with Gasteiger partial charge in [-0.1, -0.05) is 11.6 Å². The summed E-state index contributed by atoms with van der Waals surface area (Å²) in [6.07, 6.45) is -0.303. The third-order valence-corrected chi connectivity index (χ3v) is 2.53. The van der Waals surface area contributed by atoms with Crippen molar-refractivity contribution in [2.24, 2.45) is 0 Å². The fourth-order valence-electron chi connectivity index (χ4n) is 1.35. The summed E-state index contributed by atoms with van der Waals surface area (Å²) < 4.78 is 22.8. The zero-order valence-corrected chi connectivity index (χ0v) is 11.9. The SMILES string of the molecule is CC(C)OC(=O)CCOC(=O)c1cc(N)c(F)cc1Cl. The van der Waals surface area contributed by atoms with Crippen molar-refractivity contribution in [2.75, 3.05) is 12.3 Å². The number of esters is 2. The van der Waals surface area contributed by atoms with Crippen LogP contribution in [0.4, 0.5) is 10.1 Å². The van der Waals surface area contributed by atoms with Crippen LogP contribution in [0.5, 0.6) is 0 Å². The Balaban J connectivity index is 2.56. The van der Waals surface area contributed by atoms with Crippen LogP contribution in [0.3, 0.4) is 0 Å². The highest BCUT2D eigenvalue weighted by Crippen LogP contribution is 2.23. The van der Waals surface area contributed by atoms with Crippen LogP contribution < -0.4 is 5.73 Å². The number of halogens is 2. The molecule has 2 N–H and O–H groups in total. The molecule has 1 aromatic rings. The van der Waals surface area contributed by atoms with Gasteiger partial charge in [-0.3, -0.25) is 4.79 Å². The topological polar surface area (TPSA) is 78.6 Å². The van der Waals surface area contributed by atoms with Gasteiger partial charge in [0.15, 0.2) is 0 Å². The monoisotopic (exact) mass is 303 g/mol. The van der Waals surface area contributed by atoms with E-state index in [0.717, 1.165) is 12.1 Å². The fourth-order valence-corrected chi connectivity index (χ4v) is 1.58. The smallest absolute Gasteiger partial charge is 0.339 e. The number of nitrogen functional groups attached to an aromatic ring is 1. The predicted octanol–water partition coefficient (Wildman–Crippen LogP) is 2.56. The minimum Gasteiger partial charge on any atom is -0.463 e. The molecule has 0 aliphatic heterocycles. The van der Waals surface area contributed by atoms with Crippen molar-refractivity contribution in [3.05, 3.63) is 28.5 Å². The lowest BCUT2D eigenvalue weighted by Crippen LogP contribution is -2.15. The summed E-state index contributed by atoms with van der Waals surface area (Å²) in [5, 5.41) is -0.105. The molecule has 0 aliphatic carbocycles. The van der Waals surface area contributed by atoms with E-state index in [-0.39, 0.29) is 35.4 Å². The Morgan fingerprint density at radius 2 is 2.05 bits per heavy atom. The molecule has 0 unspecified atom stereocenters. The number of nitrogens with two attached hydrogens (primary N) is 1. The van der Waals surface area contributed by atoms with Gasteiger partial charge in [0.25, 0.3) is 0 Å². The van der Waals surface area contributed by atoms with Gasteiger partial charge in [-0.2, -0.15) is 0 Å². The molecular formula is C13H15ClFNO4. The minimum absolute atomic E-state index is 0.0530. The Morgan fingerprint density at radius 3 is 2.65 bits per heavy atom. The summed E-state index contributed by atoms with van der Waals surface area (Å²) in [6.45, 7) is 3.27. The fraction of sp³-hybridized carbons (Fsp3) is 0.385. The summed E-state index contributed by atoms with van der Waals surface area (Å²) >= 11 is 5.72. The van der Waals surface area contributed by atoms with Crippen molar-refractivity contribution in [3.63, 3.8) is 0 Å². The van der Waals surface area contributed by atoms with Gasteiger partial charge in [0.1, 0.15) is 12.4 Å². The maximum absolute atomic E-state index is 13.1. The molecule has 0 aromatic heterocycles. The molecule has 1 rings (SSSR count). The lowest BCUT2D eigenvalue weighted by atomic mass is 10.2. The third-order valence-electron chi connectivity index (χ3n) is 2.21. The maximum atomic E-state index is 13.1. The van der Waals surface area contributed by atoms with Gasteiger partial charge in [-0.05, 0) is 26.0 Å². The van der Waals surface area contributed by atoms with Crippen molar-refractivity contribution in [1.82, 2.24) is 0 Å². The Bertz CT molecular complexity index is 519. The number of hydrogen-bond donors (Lipinski definition) is 1. The first-order valence-electron chi connectivity index (χ1n) is 5.92. The van der Waals surface area contributed by atoms with E-state index in [1.165, 1.54) is 0 Å². The van der Waals surface area contributed by atoms with E-state index in [2.05, 4.69) is 0 Å². The van der Waals surface area contributed by atoms with Crippen LogP contribution in [0.25, 0.3) is 0 Å². The Morgan fingerprint density at radius 1 is 1.40 bits per heavy atom. The molecule has 5 nitrogen and oxygen atoms in total. The van der Waals surface area contributed by atoms with Crippen LogP contribution in [0, 0.1) is 5.82 Å². The van der Waals surface area contributed by atoms with Gasteiger partial charge in [0.2, 0.25) is 0 Å². The van der Waals surface area contributed by atoms with Crippen LogP contribution >= 0.6 is 11.6 Å². The molecule has 0 saturated heterocycles. The van der Waals surface area contributed by atoms with Gasteiger partial charge < -0.3 is 15.2 Å². The highest BCUT2D eigenvalue weighted by atomic mass is 35.5. The second-order valence-electron chi connectivity index (χ2n) is 4.28. The molecule has 0 atom stereocenters.